The number of halogens is 1. The van der Waals surface area contributed by atoms with E-state index in [1.807, 2.05) is 108 Å². The van der Waals surface area contributed by atoms with Crippen molar-refractivity contribution in [3.05, 3.63) is 125 Å². The maximum atomic E-state index is 12.3. The Morgan fingerprint density at radius 1 is 0.573 bits per heavy atom. The normalized spacial score (nSPS) is 20.4. The molecule has 12 heterocycles. The highest BCUT2D eigenvalue weighted by Gasteiger charge is 2.43. The van der Waals surface area contributed by atoms with E-state index in [4.69, 9.17) is 19.1 Å². The molecule has 4 fully saturated rings. The molecule has 4 saturated heterocycles. The van der Waals surface area contributed by atoms with E-state index < -0.39 is 23.4 Å². The van der Waals surface area contributed by atoms with Crippen LogP contribution in [0.5, 0.6) is 0 Å². The molecular weight excluding hydrogens is 1260 g/mol. The standard InChI is InChI=1S/C18H25N5O4.C16H23N5O3.C12H16N4O.C9H11IN2O2.C5H8N2/c1-5-6-26-23-15-7-14(11-21(12-15)17(23)25)22-10-13(9-20-22)8-19-16(24)27-18(2,3)4;1-16(2,3)24-14(22)17-6-11-7-18-21(8-11)13-5-12-9-20(10-13)15(23)19(12)4;1-3-9-5-13-16(6-9)11-4-10-7-15(8-11)12(17)14(10)2;1-2-3-14-12-8-4-7(10)5-11(6-8)9(12)13;1-2-5-3-6-7-4-5/h5,7,9-10,15H,1,6,8,11-12H2,2-4H3,(H,19,24);5,7-8,12H,6,9-10H2,1-4H3,(H,17,22);4-6,10H,3,7-8H2,1-2H3;2,4,8H,1,3,5-6H2;3-4H,2H2,1H3,(H,6,7). The highest BCUT2D eigenvalue weighted by atomic mass is 127. The summed E-state index contributed by atoms with van der Waals surface area (Å²) in [5.41, 5.74) is 6.07. The number of carbonyl (C=O) groups is 6. The summed E-state index contributed by atoms with van der Waals surface area (Å²) in [7, 11) is 3.67. The number of alkyl carbamates (subject to hydrolysis) is 2. The molecule has 0 aliphatic carbocycles. The number of amides is 10. The smallest absolute Gasteiger partial charge is 0.407 e. The van der Waals surface area contributed by atoms with Crippen molar-refractivity contribution in [1.82, 2.24) is 89.7 Å². The van der Waals surface area contributed by atoms with E-state index in [1.54, 1.807) is 58.4 Å². The van der Waals surface area contributed by atoms with Crippen LogP contribution >= 0.6 is 22.6 Å². The van der Waals surface area contributed by atoms with Gasteiger partial charge in [0.05, 0.1) is 105 Å². The maximum absolute atomic E-state index is 12.3. The van der Waals surface area contributed by atoms with Gasteiger partial charge in [0.2, 0.25) is 0 Å². The number of aromatic amines is 1. The van der Waals surface area contributed by atoms with E-state index >= 15 is 0 Å². The number of H-pyrrole nitrogens is 1. The molecule has 4 unspecified atom stereocenters. The molecule has 0 radical (unpaired) electrons. The highest BCUT2D eigenvalue weighted by molar-refractivity contribution is 14.1. The summed E-state index contributed by atoms with van der Waals surface area (Å²) < 4.78 is 17.0. The number of ether oxygens (including phenoxy) is 2. The number of hydrogen-bond acceptors (Lipinski definition) is 14. The number of nitrogens with zero attached hydrogens (tertiary/aromatic N) is 15. The summed E-state index contributed by atoms with van der Waals surface area (Å²) in [6.07, 6.45) is 27.4. The van der Waals surface area contributed by atoms with Crippen molar-refractivity contribution >= 4 is 76.0 Å². The van der Waals surface area contributed by atoms with Gasteiger partial charge in [-0.1, -0.05) is 26.0 Å². The molecule has 28 nitrogen and oxygen atoms in total. The van der Waals surface area contributed by atoms with Gasteiger partial charge in [0, 0.05) is 92.9 Å². The number of carbonyl (C=O) groups excluding carboxylic acids is 6. The lowest BCUT2D eigenvalue weighted by molar-refractivity contribution is -0.107. The molecule has 0 saturated carbocycles. The topological polar surface area (TPSA) is 271 Å². The van der Waals surface area contributed by atoms with Gasteiger partial charge in [-0.2, -0.15) is 30.5 Å². The molecule has 12 rings (SSSR count). The zero-order valence-electron chi connectivity index (χ0n) is 52.4. The first-order valence-electron chi connectivity index (χ1n) is 29.5. The molecule has 0 spiro atoms. The van der Waals surface area contributed by atoms with Gasteiger partial charge in [-0.05, 0) is 112 Å². The van der Waals surface area contributed by atoms with E-state index in [0.29, 0.717) is 52.4 Å². The number of nitrogens with one attached hydrogen (secondary N) is 3. The van der Waals surface area contributed by atoms with Crippen molar-refractivity contribution in [1.29, 1.82) is 0 Å². The lowest BCUT2D eigenvalue weighted by Crippen LogP contribution is -2.33. The van der Waals surface area contributed by atoms with Crippen LogP contribution in [0.1, 0.15) is 77.6 Å². The molecule has 480 valence electrons. The Labute approximate surface area is 532 Å². The number of hydrogen-bond donors (Lipinski definition) is 3. The third-order valence-electron chi connectivity index (χ3n) is 14.7. The first kappa shape index (κ1) is 66.5. The number of urea groups is 4. The van der Waals surface area contributed by atoms with Gasteiger partial charge in [0.1, 0.15) is 11.2 Å². The minimum Gasteiger partial charge on any atom is -0.444 e. The number of aromatic nitrogens is 8. The van der Waals surface area contributed by atoms with Crippen molar-refractivity contribution < 1.29 is 47.9 Å². The van der Waals surface area contributed by atoms with Gasteiger partial charge in [0.25, 0.3) is 0 Å². The Hall–Kier alpha value is -8.45. The van der Waals surface area contributed by atoms with Crippen LogP contribution in [-0.2, 0) is 45.1 Å². The van der Waals surface area contributed by atoms with Crippen LogP contribution in [0.25, 0.3) is 17.1 Å². The Bertz CT molecular complexity index is 3320. The van der Waals surface area contributed by atoms with Crippen LogP contribution in [0, 0.1) is 0 Å². The Balaban J connectivity index is 0.000000151. The van der Waals surface area contributed by atoms with E-state index in [1.165, 1.54) is 24.8 Å². The number of fused-ring (bicyclic) bond motifs is 8. The molecule has 8 aliphatic rings. The molecule has 10 amide bonds. The van der Waals surface area contributed by atoms with E-state index in [0.717, 1.165) is 60.7 Å². The van der Waals surface area contributed by atoms with Crippen molar-refractivity contribution in [2.45, 2.75) is 117 Å². The third kappa shape index (κ3) is 17.5. The highest BCUT2D eigenvalue weighted by Crippen LogP contribution is 2.30. The van der Waals surface area contributed by atoms with E-state index in [9.17, 15) is 28.8 Å². The molecular formula is C60H83IN18O10. The number of rotatable bonds is 15. The minimum absolute atomic E-state index is 0.0419. The molecule has 4 atom stereocenters. The van der Waals surface area contributed by atoms with Crippen LogP contribution in [0.4, 0.5) is 28.8 Å². The van der Waals surface area contributed by atoms with Gasteiger partial charge >= 0.3 is 36.3 Å². The lowest BCUT2D eigenvalue weighted by atomic mass is 10.2. The summed E-state index contributed by atoms with van der Waals surface area (Å²) in [4.78, 5) is 92.7. The zero-order valence-corrected chi connectivity index (χ0v) is 54.5. The molecule has 4 aromatic heterocycles. The van der Waals surface area contributed by atoms with Crippen LogP contribution in [0.3, 0.4) is 0 Å². The summed E-state index contributed by atoms with van der Waals surface area (Å²) in [5.74, 6) is 0. The van der Waals surface area contributed by atoms with E-state index in [2.05, 4.69) is 104 Å². The van der Waals surface area contributed by atoms with Gasteiger partial charge in [-0.25, -0.2) is 42.8 Å². The first-order chi connectivity index (χ1) is 42.3. The average molecular weight is 1340 g/mol. The fourth-order valence-electron chi connectivity index (χ4n) is 10.2. The second kappa shape index (κ2) is 29.2. The fourth-order valence-corrected chi connectivity index (χ4v) is 11.1. The molecule has 4 aromatic rings. The van der Waals surface area contributed by atoms with Gasteiger partial charge in [0.15, 0.2) is 0 Å². The molecule has 89 heavy (non-hydrogen) atoms. The number of hydroxylamine groups is 4. The quantitative estimate of drug-likeness (QED) is 0.0796. The van der Waals surface area contributed by atoms with Crippen LogP contribution in [0.2, 0.25) is 0 Å². The van der Waals surface area contributed by atoms with Crippen molar-refractivity contribution in [2.75, 3.05) is 79.7 Å². The van der Waals surface area contributed by atoms with E-state index in [-0.39, 0.29) is 54.9 Å². The third-order valence-corrected chi connectivity index (χ3v) is 15.4. The van der Waals surface area contributed by atoms with Gasteiger partial charge < -0.3 is 49.5 Å². The predicted molar refractivity (Wildman–Crippen MR) is 340 cm³/mol. The average Bonchev–Trinajstić information content (AvgIpc) is 1.88. The van der Waals surface area contributed by atoms with Crippen molar-refractivity contribution in [2.24, 2.45) is 0 Å². The molecule has 8 bridgehead atoms. The monoisotopic (exact) mass is 1340 g/mol. The largest absolute Gasteiger partial charge is 0.444 e. The Kier molecular flexibility index (Phi) is 21.9. The predicted octanol–water partition coefficient (Wildman–Crippen LogP) is 7.04. The number of aryl methyl sites for hydroxylation is 2. The van der Waals surface area contributed by atoms with Crippen LogP contribution < -0.4 is 10.6 Å². The van der Waals surface area contributed by atoms with Crippen molar-refractivity contribution in [3.63, 3.8) is 0 Å². The van der Waals surface area contributed by atoms with Crippen LogP contribution in [0.15, 0.2) is 103 Å². The lowest BCUT2D eigenvalue weighted by Gasteiger charge is -2.21. The fraction of sp³-hybridized carbons (Fsp3) is 0.500. The van der Waals surface area contributed by atoms with Crippen molar-refractivity contribution in [3.8, 4) is 0 Å². The number of likely N-dealkylation sites (N-methyl/N-ethyl adjacent to an activating group) is 2. The molecule has 3 N–H and O–H groups in total. The minimum atomic E-state index is -0.541. The Morgan fingerprint density at radius 2 is 0.955 bits per heavy atom. The maximum Gasteiger partial charge on any atom is 0.407 e. The summed E-state index contributed by atoms with van der Waals surface area (Å²) in [5, 5.41) is 27.8. The summed E-state index contributed by atoms with van der Waals surface area (Å²) in [6, 6.07) is 0.160. The SMILES string of the molecule is C=CCON1C(=O)N2CC(I)=CC1C2.C=CCON1C(=O)N2CC(n3cc(CNC(=O)OC(C)(C)C)cn3)=CC1C2.CCc1cn[nH]c1.CCc1cnn(C2=CC3CN(C2)C(=O)N3C)c1.CN1C(=O)N2CC(n3cc(CNC(=O)OC(C)(C)C)cn3)=CC1C2. The van der Waals surface area contributed by atoms with Gasteiger partial charge in [-0.15, -0.1) is 13.2 Å². The molecule has 0 aromatic carbocycles. The Morgan fingerprint density at radius 3 is 1.33 bits per heavy atom. The second-order valence-electron chi connectivity index (χ2n) is 24.0. The first-order valence-corrected chi connectivity index (χ1v) is 30.6. The zero-order chi connectivity index (χ0) is 64.3. The molecule has 8 aliphatic heterocycles. The van der Waals surface area contributed by atoms with Gasteiger partial charge in [-0.3, -0.25) is 14.8 Å². The summed E-state index contributed by atoms with van der Waals surface area (Å²) >= 11 is 2.25. The second-order valence-corrected chi connectivity index (χ2v) is 25.3. The summed E-state index contributed by atoms with van der Waals surface area (Å²) in [6.45, 7) is 28.8. The van der Waals surface area contributed by atoms with Crippen LogP contribution in [-0.4, -0.2) is 230 Å². The molecule has 29 heteroatoms.